The molecular formula is C10H15NO3. The molecule has 4 nitrogen and oxygen atoms in total. The van der Waals surface area contributed by atoms with Gasteiger partial charge in [0.1, 0.15) is 0 Å². The third-order valence-electron chi connectivity index (χ3n) is 1.58. The summed E-state index contributed by atoms with van der Waals surface area (Å²) in [6.45, 7) is 2.54. The molecule has 0 amide bonds. The fourth-order valence-electron chi connectivity index (χ4n) is 0.878. The Balaban J connectivity index is 3.40. The Kier molecular flexibility index (Phi) is 8.70. The van der Waals surface area contributed by atoms with Crippen LogP contribution < -0.4 is 0 Å². The van der Waals surface area contributed by atoms with Gasteiger partial charge < -0.3 is 4.74 Å². The van der Waals surface area contributed by atoms with E-state index in [0.29, 0.717) is 6.61 Å². The van der Waals surface area contributed by atoms with E-state index in [-0.39, 0.29) is 0 Å². The Morgan fingerprint density at radius 2 is 2.21 bits per heavy atom. The van der Waals surface area contributed by atoms with Crippen molar-refractivity contribution in [3.8, 4) is 0 Å². The Hall–Kier alpha value is -1.41. The van der Waals surface area contributed by atoms with Gasteiger partial charge in [0.15, 0.2) is 0 Å². The van der Waals surface area contributed by atoms with Crippen LogP contribution in [0.5, 0.6) is 0 Å². The van der Waals surface area contributed by atoms with Gasteiger partial charge in [-0.3, -0.25) is 0 Å². The first-order valence-electron chi connectivity index (χ1n) is 4.71. The second kappa shape index (κ2) is 9.68. The summed E-state index contributed by atoms with van der Waals surface area (Å²) in [6, 6.07) is 0. The molecule has 0 aromatic rings. The summed E-state index contributed by atoms with van der Waals surface area (Å²) in [5.41, 5.74) is 0. The molecule has 78 valence electrons. The minimum Gasteiger partial charge on any atom is -0.462 e. The van der Waals surface area contributed by atoms with E-state index in [1.165, 1.54) is 6.08 Å². The number of unbranched alkanes of at least 4 members (excludes halogenated alkanes) is 3. The SMILES string of the molecule is CCCCCCOC(=O)/C=C/N=C=O. The fraction of sp³-hybridized carbons (Fsp3) is 0.600. The zero-order valence-electron chi connectivity index (χ0n) is 8.36. The number of ether oxygens (including phenoxy) is 1. The lowest BCUT2D eigenvalue weighted by Crippen LogP contribution is -2.01. The molecule has 0 unspecified atom stereocenters. The van der Waals surface area contributed by atoms with Gasteiger partial charge in [0.2, 0.25) is 6.08 Å². The van der Waals surface area contributed by atoms with Crippen molar-refractivity contribution in [1.82, 2.24) is 0 Å². The van der Waals surface area contributed by atoms with Crippen LogP contribution in [0.3, 0.4) is 0 Å². The van der Waals surface area contributed by atoms with Crippen molar-refractivity contribution >= 4 is 12.0 Å². The lowest BCUT2D eigenvalue weighted by atomic mass is 10.2. The maximum atomic E-state index is 10.9. The van der Waals surface area contributed by atoms with Crippen molar-refractivity contribution in [2.75, 3.05) is 6.61 Å². The Labute approximate surface area is 83.7 Å². The summed E-state index contributed by atoms with van der Waals surface area (Å²) in [6.07, 6.45) is 7.72. The topological polar surface area (TPSA) is 55.7 Å². The van der Waals surface area contributed by atoms with Crippen LogP contribution in [0.1, 0.15) is 32.6 Å². The molecule has 0 radical (unpaired) electrons. The minimum absolute atomic E-state index is 0.425. The van der Waals surface area contributed by atoms with Crippen LogP contribution in [0.4, 0.5) is 0 Å². The number of isocyanates is 1. The second-order valence-electron chi connectivity index (χ2n) is 2.76. The molecule has 0 heterocycles. The molecule has 0 spiro atoms. The maximum absolute atomic E-state index is 10.9. The highest BCUT2D eigenvalue weighted by Crippen LogP contribution is 1.99. The molecule has 0 aromatic heterocycles. The standard InChI is InChI=1S/C10H15NO3/c1-2-3-4-5-8-14-10(13)6-7-11-9-12/h6-7H,2-5,8H2,1H3/b7-6+. The molecule has 0 fully saturated rings. The number of hydrogen-bond acceptors (Lipinski definition) is 4. The minimum atomic E-state index is -0.472. The van der Waals surface area contributed by atoms with Gasteiger partial charge in [-0.05, 0) is 6.42 Å². The Morgan fingerprint density at radius 3 is 2.86 bits per heavy atom. The van der Waals surface area contributed by atoms with E-state index in [0.717, 1.165) is 38.0 Å². The highest BCUT2D eigenvalue weighted by molar-refractivity contribution is 5.81. The molecule has 0 N–H and O–H groups in total. The lowest BCUT2D eigenvalue weighted by molar-refractivity contribution is -0.137. The van der Waals surface area contributed by atoms with Crippen molar-refractivity contribution in [2.45, 2.75) is 32.6 Å². The predicted molar refractivity (Wildman–Crippen MR) is 52.4 cm³/mol. The highest BCUT2D eigenvalue weighted by atomic mass is 16.5. The van der Waals surface area contributed by atoms with Crippen molar-refractivity contribution < 1.29 is 14.3 Å². The average Bonchev–Trinajstić information content (AvgIpc) is 2.18. The van der Waals surface area contributed by atoms with E-state index in [1.807, 2.05) is 0 Å². The van der Waals surface area contributed by atoms with Gasteiger partial charge in [-0.2, -0.15) is 4.99 Å². The van der Waals surface area contributed by atoms with Crippen molar-refractivity contribution in [2.24, 2.45) is 4.99 Å². The predicted octanol–water partition coefficient (Wildman–Crippen LogP) is 1.96. The molecule has 0 saturated heterocycles. The van der Waals surface area contributed by atoms with E-state index in [2.05, 4.69) is 11.9 Å². The first-order chi connectivity index (χ1) is 6.81. The molecule has 0 aliphatic carbocycles. The van der Waals surface area contributed by atoms with Crippen molar-refractivity contribution in [1.29, 1.82) is 0 Å². The number of nitrogens with zero attached hydrogens (tertiary/aromatic N) is 1. The maximum Gasteiger partial charge on any atom is 0.332 e. The molecule has 0 aromatic carbocycles. The third-order valence-corrected chi connectivity index (χ3v) is 1.58. The van der Waals surface area contributed by atoms with Gasteiger partial charge in [0, 0.05) is 12.3 Å². The Morgan fingerprint density at radius 1 is 1.43 bits per heavy atom. The van der Waals surface area contributed by atoms with Crippen LogP contribution in [0.2, 0.25) is 0 Å². The van der Waals surface area contributed by atoms with Crippen LogP contribution in [0.25, 0.3) is 0 Å². The smallest absolute Gasteiger partial charge is 0.332 e. The Bertz CT molecular complexity index is 230. The van der Waals surface area contributed by atoms with E-state index in [4.69, 9.17) is 4.74 Å². The van der Waals surface area contributed by atoms with Crippen LogP contribution in [0.15, 0.2) is 17.3 Å². The molecule has 14 heavy (non-hydrogen) atoms. The zero-order chi connectivity index (χ0) is 10.6. The first-order valence-corrected chi connectivity index (χ1v) is 4.71. The van der Waals surface area contributed by atoms with Gasteiger partial charge in [0.05, 0.1) is 6.61 Å². The van der Waals surface area contributed by atoms with Crippen molar-refractivity contribution in [3.63, 3.8) is 0 Å². The zero-order valence-corrected chi connectivity index (χ0v) is 8.36. The summed E-state index contributed by atoms with van der Waals surface area (Å²) in [7, 11) is 0. The second-order valence-corrected chi connectivity index (χ2v) is 2.76. The number of aliphatic imine (C=N–C) groups is 1. The quantitative estimate of drug-likeness (QED) is 0.206. The average molecular weight is 197 g/mol. The molecule has 0 saturated carbocycles. The van der Waals surface area contributed by atoms with Gasteiger partial charge >= 0.3 is 5.97 Å². The largest absolute Gasteiger partial charge is 0.462 e. The lowest BCUT2D eigenvalue weighted by Gasteiger charge is -2.00. The molecule has 0 atom stereocenters. The van der Waals surface area contributed by atoms with E-state index in [9.17, 15) is 9.59 Å². The van der Waals surface area contributed by atoms with Crippen molar-refractivity contribution in [3.05, 3.63) is 12.3 Å². The summed E-state index contributed by atoms with van der Waals surface area (Å²) in [5, 5.41) is 0. The van der Waals surface area contributed by atoms with Gasteiger partial charge in [-0.15, -0.1) is 0 Å². The summed E-state index contributed by atoms with van der Waals surface area (Å²) in [4.78, 5) is 23.6. The van der Waals surface area contributed by atoms with Gasteiger partial charge in [-0.25, -0.2) is 9.59 Å². The number of carbonyl (C=O) groups is 1. The normalized spacial score (nSPS) is 9.79. The summed E-state index contributed by atoms with van der Waals surface area (Å²) < 4.78 is 4.82. The van der Waals surface area contributed by atoms with Gasteiger partial charge in [-0.1, -0.05) is 26.2 Å². The summed E-state index contributed by atoms with van der Waals surface area (Å²) >= 11 is 0. The number of hydrogen-bond donors (Lipinski definition) is 0. The van der Waals surface area contributed by atoms with Crippen LogP contribution in [-0.4, -0.2) is 18.7 Å². The monoisotopic (exact) mass is 197 g/mol. The van der Waals surface area contributed by atoms with Crippen LogP contribution in [-0.2, 0) is 14.3 Å². The summed E-state index contributed by atoms with van der Waals surface area (Å²) in [5.74, 6) is -0.472. The number of esters is 1. The molecule has 0 bridgehead atoms. The van der Waals surface area contributed by atoms with Crippen LogP contribution in [0, 0.1) is 0 Å². The van der Waals surface area contributed by atoms with E-state index < -0.39 is 5.97 Å². The first kappa shape index (κ1) is 12.6. The molecule has 4 heteroatoms. The number of rotatable bonds is 7. The molecule has 0 aliphatic heterocycles. The fourth-order valence-corrected chi connectivity index (χ4v) is 0.878. The van der Waals surface area contributed by atoms with Gasteiger partial charge in [0.25, 0.3) is 0 Å². The molecule has 0 rings (SSSR count). The molecular weight excluding hydrogens is 182 g/mol. The van der Waals surface area contributed by atoms with Crippen LogP contribution >= 0.6 is 0 Å². The van der Waals surface area contributed by atoms with E-state index in [1.54, 1.807) is 0 Å². The van der Waals surface area contributed by atoms with E-state index >= 15 is 0 Å². The molecule has 0 aliphatic rings. The highest BCUT2D eigenvalue weighted by Gasteiger charge is 1.95. The number of carbonyl (C=O) groups excluding carboxylic acids is 2. The third kappa shape index (κ3) is 8.68.